The fourth-order valence-electron chi connectivity index (χ4n) is 2.77. The molecule has 0 saturated carbocycles. The minimum atomic E-state index is -3.80. The van der Waals surface area contributed by atoms with Crippen molar-refractivity contribution in [3.05, 3.63) is 88.5 Å². The lowest BCUT2D eigenvalue weighted by molar-refractivity contribution is -0.387. The first-order chi connectivity index (χ1) is 13.3. The molecule has 1 N–H and O–H groups in total. The Hall–Kier alpha value is -3.52. The number of nitro benzene ring substituents is 1. The van der Waals surface area contributed by atoms with Crippen LogP contribution in [-0.4, -0.2) is 25.5 Å². The Balaban J connectivity index is 1.97. The largest absolute Gasteiger partial charge is 0.321 e. The van der Waals surface area contributed by atoms with Crippen molar-refractivity contribution >= 4 is 27.1 Å². The van der Waals surface area contributed by atoms with Crippen LogP contribution < -0.4 is 5.32 Å². The molecule has 0 atom stereocenters. The van der Waals surface area contributed by atoms with E-state index in [0.29, 0.717) is 5.69 Å². The van der Waals surface area contributed by atoms with Crippen molar-refractivity contribution in [1.82, 2.24) is 0 Å². The summed E-state index contributed by atoms with van der Waals surface area (Å²) in [5.74, 6) is -0.577. The van der Waals surface area contributed by atoms with Gasteiger partial charge in [-0.3, -0.25) is 14.9 Å². The maximum absolute atomic E-state index is 12.7. The van der Waals surface area contributed by atoms with Gasteiger partial charge in [0.1, 0.15) is 4.90 Å². The van der Waals surface area contributed by atoms with Crippen LogP contribution in [0.5, 0.6) is 0 Å². The van der Waals surface area contributed by atoms with Gasteiger partial charge in [0.25, 0.3) is 11.6 Å². The predicted molar refractivity (Wildman–Crippen MR) is 106 cm³/mol. The van der Waals surface area contributed by atoms with Gasteiger partial charge in [0.05, 0.1) is 4.92 Å². The van der Waals surface area contributed by atoms with Crippen LogP contribution in [0.1, 0.15) is 10.4 Å². The average molecular weight is 396 g/mol. The Morgan fingerprint density at radius 2 is 1.61 bits per heavy atom. The molecule has 8 heteroatoms. The van der Waals surface area contributed by atoms with E-state index in [0.717, 1.165) is 29.5 Å². The number of nitro groups is 1. The molecule has 0 heterocycles. The zero-order valence-electron chi connectivity index (χ0n) is 14.8. The SMILES string of the molecule is CS(=O)(=O)c1ccc(C(=O)Nc2ccccc2-c2ccccc2)cc1[N+](=O)[O-]. The smallest absolute Gasteiger partial charge is 0.288 e. The summed E-state index contributed by atoms with van der Waals surface area (Å²) in [7, 11) is -3.80. The van der Waals surface area contributed by atoms with Crippen molar-refractivity contribution < 1.29 is 18.1 Å². The van der Waals surface area contributed by atoms with E-state index < -0.39 is 31.3 Å². The summed E-state index contributed by atoms with van der Waals surface area (Å²) in [6, 6.07) is 19.9. The molecule has 0 aromatic heterocycles. The maximum Gasteiger partial charge on any atom is 0.288 e. The normalized spacial score (nSPS) is 11.0. The standard InChI is InChI=1S/C20H16N2O5S/c1-28(26,27)19-12-11-15(13-18(19)22(24)25)20(23)21-17-10-6-5-9-16(17)14-7-3-2-4-8-14/h2-13H,1H3,(H,21,23). The predicted octanol–water partition coefficient (Wildman–Crippen LogP) is 3.92. The van der Waals surface area contributed by atoms with Gasteiger partial charge in [-0.2, -0.15) is 0 Å². The van der Waals surface area contributed by atoms with Gasteiger partial charge in [-0.25, -0.2) is 8.42 Å². The summed E-state index contributed by atoms with van der Waals surface area (Å²) in [5, 5.41) is 14.0. The van der Waals surface area contributed by atoms with Crippen LogP contribution in [0.15, 0.2) is 77.7 Å². The average Bonchev–Trinajstić information content (AvgIpc) is 2.68. The molecular weight excluding hydrogens is 380 g/mol. The van der Waals surface area contributed by atoms with Crippen LogP contribution in [0.25, 0.3) is 11.1 Å². The highest BCUT2D eigenvalue weighted by molar-refractivity contribution is 7.90. The molecule has 0 radical (unpaired) electrons. The minimum Gasteiger partial charge on any atom is -0.321 e. The molecule has 0 aliphatic rings. The van der Waals surface area contributed by atoms with Crippen LogP contribution in [0.3, 0.4) is 0 Å². The number of sulfone groups is 1. The van der Waals surface area contributed by atoms with Gasteiger partial charge in [0.15, 0.2) is 9.84 Å². The summed E-state index contributed by atoms with van der Waals surface area (Å²) in [6.07, 6.45) is 0.880. The zero-order chi connectivity index (χ0) is 20.3. The third kappa shape index (κ3) is 4.07. The summed E-state index contributed by atoms with van der Waals surface area (Å²) in [5.41, 5.74) is 1.58. The molecule has 1 amide bonds. The molecule has 0 fully saturated rings. The lowest BCUT2D eigenvalue weighted by atomic mass is 10.0. The Morgan fingerprint density at radius 3 is 2.25 bits per heavy atom. The molecule has 0 aliphatic heterocycles. The van der Waals surface area contributed by atoms with Crippen molar-refractivity contribution in [3.8, 4) is 11.1 Å². The molecule has 0 aliphatic carbocycles. The van der Waals surface area contributed by atoms with Gasteiger partial charge in [-0.1, -0.05) is 48.5 Å². The van der Waals surface area contributed by atoms with Gasteiger partial charge in [-0.15, -0.1) is 0 Å². The summed E-state index contributed by atoms with van der Waals surface area (Å²) in [6.45, 7) is 0. The number of carbonyl (C=O) groups excluding carboxylic acids is 1. The molecule has 3 aromatic carbocycles. The Morgan fingerprint density at radius 1 is 0.964 bits per heavy atom. The molecular formula is C20H16N2O5S. The number of amides is 1. The van der Waals surface area contributed by atoms with Crippen LogP contribution in [-0.2, 0) is 9.84 Å². The Kier molecular flexibility index (Phi) is 5.23. The van der Waals surface area contributed by atoms with Crippen molar-refractivity contribution in [3.63, 3.8) is 0 Å². The number of anilines is 1. The highest BCUT2D eigenvalue weighted by Gasteiger charge is 2.24. The number of rotatable bonds is 5. The van der Waals surface area contributed by atoms with Crippen molar-refractivity contribution in [1.29, 1.82) is 0 Å². The molecule has 7 nitrogen and oxygen atoms in total. The third-order valence-electron chi connectivity index (χ3n) is 4.08. The first-order valence-electron chi connectivity index (χ1n) is 8.21. The molecule has 0 spiro atoms. The summed E-state index contributed by atoms with van der Waals surface area (Å²) < 4.78 is 23.5. The number of hydrogen-bond acceptors (Lipinski definition) is 5. The number of benzene rings is 3. The first-order valence-corrected chi connectivity index (χ1v) is 10.1. The second kappa shape index (κ2) is 7.61. The number of carbonyl (C=O) groups is 1. The lowest BCUT2D eigenvalue weighted by Crippen LogP contribution is -2.14. The quantitative estimate of drug-likeness (QED) is 0.520. The fraction of sp³-hybridized carbons (Fsp3) is 0.0500. The van der Waals surface area contributed by atoms with Crippen LogP contribution >= 0.6 is 0 Å². The van der Waals surface area contributed by atoms with E-state index in [4.69, 9.17) is 0 Å². The zero-order valence-corrected chi connectivity index (χ0v) is 15.6. The monoisotopic (exact) mass is 396 g/mol. The summed E-state index contributed by atoms with van der Waals surface area (Å²) in [4.78, 5) is 22.7. The molecule has 0 unspecified atom stereocenters. The van der Waals surface area contributed by atoms with Crippen LogP contribution in [0.2, 0.25) is 0 Å². The van der Waals surface area contributed by atoms with Crippen LogP contribution in [0.4, 0.5) is 11.4 Å². The van der Waals surface area contributed by atoms with Crippen molar-refractivity contribution in [2.24, 2.45) is 0 Å². The van der Waals surface area contributed by atoms with E-state index in [-0.39, 0.29) is 5.56 Å². The number of nitrogens with one attached hydrogen (secondary N) is 1. The number of para-hydroxylation sites is 1. The summed E-state index contributed by atoms with van der Waals surface area (Å²) >= 11 is 0. The molecule has 3 aromatic rings. The maximum atomic E-state index is 12.7. The van der Waals surface area contributed by atoms with E-state index in [2.05, 4.69) is 5.32 Å². The second-order valence-electron chi connectivity index (χ2n) is 6.08. The van der Waals surface area contributed by atoms with Crippen molar-refractivity contribution in [2.45, 2.75) is 4.90 Å². The van der Waals surface area contributed by atoms with E-state index in [1.165, 1.54) is 6.07 Å². The fourth-order valence-corrected chi connectivity index (χ4v) is 3.60. The van der Waals surface area contributed by atoms with Crippen molar-refractivity contribution in [2.75, 3.05) is 11.6 Å². The molecule has 0 bridgehead atoms. The Bertz CT molecular complexity index is 1160. The molecule has 3 rings (SSSR count). The number of hydrogen-bond donors (Lipinski definition) is 1. The Labute approximate surface area is 161 Å². The molecule has 0 saturated heterocycles. The van der Waals surface area contributed by atoms with E-state index in [1.54, 1.807) is 12.1 Å². The molecule has 28 heavy (non-hydrogen) atoms. The minimum absolute atomic E-state index is 0.0121. The topological polar surface area (TPSA) is 106 Å². The lowest BCUT2D eigenvalue weighted by Gasteiger charge is -2.12. The highest BCUT2D eigenvalue weighted by Crippen LogP contribution is 2.29. The third-order valence-corrected chi connectivity index (χ3v) is 5.22. The highest BCUT2D eigenvalue weighted by atomic mass is 32.2. The van der Waals surface area contributed by atoms with Gasteiger partial charge >= 0.3 is 0 Å². The van der Waals surface area contributed by atoms with Gasteiger partial charge in [0.2, 0.25) is 0 Å². The van der Waals surface area contributed by atoms with E-state index >= 15 is 0 Å². The van der Waals surface area contributed by atoms with Gasteiger partial charge in [0, 0.05) is 29.1 Å². The second-order valence-corrected chi connectivity index (χ2v) is 8.06. The van der Waals surface area contributed by atoms with Crippen LogP contribution in [0, 0.1) is 10.1 Å². The van der Waals surface area contributed by atoms with Gasteiger partial charge in [-0.05, 0) is 23.8 Å². The van der Waals surface area contributed by atoms with E-state index in [9.17, 15) is 23.3 Å². The number of nitrogens with zero attached hydrogens (tertiary/aromatic N) is 1. The molecule has 142 valence electrons. The van der Waals surface area contributed by atoms with E-state index in [1.807, 2.05) is 42.5 Å². The first kappa shape index (κ1) is 19.2. The van der Waals surface area contributed by atoms with Gasteiger partial charge < -0.3 is 5.32 Å².